The zero-order chi connectivity index (χ0) is 19.8. The summed E-state index contributed by atoms with van der Waals surface area (Å²) in [4.78, 5) is 12.2. The predicted molar refractivity (Wildman–Crippen MR) is 110 cm³/mol. The third-order valence-corrected chi connectivity index (χ3v) is 4.58. The van der Waals surface area contributed by atoms with Gasteiger partial charge in [-0.05, 0) is 55.9 Å². The number of hydrogen-bond donors (Lipinski definition) is 1. The Morgan fingerprint density at radius 1 is 0.963 bits per heavy atom. The number of benzene rings is 2. The van der Waals surface area contributed by atoms with Crippen molar-refractivity contribution in [1.29, 1.82) is 0 Å². The first kappa shape index (κ1) is 20.8. The smallest absolute Gasteiger partial charge is 0.220 e. The van der Waals surface area contributed by atoms with Crippen LogP contribution in [0.5, 0.6) is 11.5 Å². The minimum Gasteiger partial charge on any atom is -0.493 e. The number of carbonyl (C=O) groups is 1. The summed E-state index contributed by atoms with van der Waals surface area (Å²) >= 11 is 0. The highest BCUT2D eigenvalue weighted by atomic mass is 16.5. The second-order valence-electron chi connectivity index (χ2n) is 7.30. The van der Waals surface area contributed by atoms with E-state index < -0.39 is 0 Å². The number of amides is 1. The number of methoxy groups -OCH3 is 2. The quantitative estimate of drug-likeness (QED) is 0.719. The average Bonchev–Trinajstić information content (AvgIpc) is 2.60. The Labute approximate surface area is 162 Å². The fraction of sp³-hybridized carbons (Fsp3) is 0.435. The fourth-order valence-corrected chi connectivity index (χ4v) is 3.43. The summed E-state index contributed by atoms with van der Waals surface area (Å²) in [6.07, 6.45) is 2.22. The summed E-state index contributed by atoms with van der Waals surface area (Å²) in [6.45, 7) is 6.97. The van der Waals surface area contributed by atoms with E-state index in [1.807, 2.05) is 18.2 Å². The van der Waals surface area contributed by atoms with Gasteiger partial charge in [0.25, 0.3) is 0 Å². The Morgan fingerprint density at radius 3 is 2.26 bits per heavy atom. The molecule has 27 heavy (non-hydrogen) atoms. The van der Waals surface area contributed by atoms with Crippen LogP contribution in [0.25, 0.3) is 0 Å². The molecule has 0 heterocycles. The Balaban J connectivity index is 1.78. The maximum Gasteiger partial charge on any atom is 0.220 e. The van der Waals surface area contributed by atoms with Gasteiger partial charge in [-0.2, -0.15) is 0 Å². The molecule has 0 aromatic heterocycles. The highest BCUT2D eigenvalue weighted by molar-refractivity contribution is 5.76. The molecule has 146 valence electrons. The monoisotopic (exact) mass is 369 g/mol. The van der Waals surface area contributed by atoms with Crippen LogP contribution in [0.3, 0.4) is 0 Å². The standard InChI is InChI=1S/C23H31NO3/c1-16-10-17(2)12-20(11-16)13-18(3)14-23(25)24-9-8-19-6-7-21(26-4)22(15-19)27-5/h6-7,10-12,15,18H,8-9,13-14H2,1-5H3,(H,24,25). The molecule has 1 atom stereocenters. The number of hydrogen-bond acceptors (Lipinski definition) is 3. The van der Waals surface area contributed by atoms with Gasteiger partial charge in [-0.3, -0.25) is 4.79 Å². The van der Waals surface area contributed by atoms with E-state index in [0.29, 0.717) is 30.4 Å². The van der Waals surface area contributed by atoms with E-state index in [2.05, 4.69) is 44.3 Å². The molecule has 1 amide bonds. The molecule has 1 unspecified atom stereocenters. The van der Waals surface area contributed by atoms with Crippen molar-refractivity contribution in [3.63, 3.8) is 0 Å². The number of nitrogens with one attached hydrogen (secondary N) is 1. The second kappa shape index (κ2) is 10.0. The topological polar surface area (TPSA) is 47.6 Å². The van der Waals surface area contributed by atoms with Crippen LogP contribution in [0.2, 0.25) is 0 Å². The van der Waals surface area contributed by atoms with Gasteiger partial charge in [0, 0.05) is 13.0 Å². The Morgan fingerprint density at radius 2 is 1.63 bits per heavy atom. The molecule has 2 aromatic rings. The van der Waals surface area contributed by atoms with Gasteiger partial charge in [0.1, 0.15) is 0 Å². The van der Waals surface area contributed by atoms with Crippen molar-refractivity contribution in [2.45, 2.75) is 40.0 Å². The molecule has 4 heteroatoms. The Hall–Kier alpha value is -2.49. The zero-order valence-electron chi connectivity index (χ0n) is 17.1. The lowest BCUT2D eigenvalue weighted by Gasteiger charge is -2.13. The molecular weight excluding hydrogens is 338 g/mol. The molecule has 0 radical (unpaired) electrons. The van der Waals surface area contributed by atoms with E-state index in [1.54, 1.807) is 14.2 Å². The molecular formula is C23H31NO3. The summed E-state index contributed by atoms with van der Waals surface area (Å²) in [7, 11) is 3.25. The number of ether oxygens (including phenoxy) is 2. The van der Waals surface area contributed by atoms with Crippen molar-refractivity contribution in [2.75, 3.05) is 20.8 Å². The largest absolute Gasteiger partial charge is 0.493 e. The van der Waals surface area contributed by atoms with Crippen molar-refractivity contribution in [3.05, 3.63) is 58.7 Å². The summed E-state index contributed by atoms with van der Waals surface area (Å²) in [5, 5.41) is 3.03. The first-order valence-corrected chi connectivity index (χ1v) is 9.46. The zero-order valence-corrected chi connectivity index (χ0v) is 17.1. The maximum atomic E-state index is 12.2. The summed E-state index contributed by atoms with van der Waals surface area (Å²) in [6, 6.07) is 12.4. The minimum atomic E-state index is 0.104. The van der Waals surface area contributed by atoms with E-state index in [1.165, 1.54) is 16.7 Å². The third-order valence-electron chi connectivity index (χ3n) is 4.58. The van der Waals surface area contributed by atoms with Crippen LogP contribution in [0.4, 0.5) is 0 Å². The number of carbonyl (C=O) groups excluding carboxylic acids is 1. The average molecular weight is 370 g/mol. The van der Waals surface area contributed by atoms with E-state index in [9.17, 15) is 4.79 Å². The van der Waals surface area contributed by atoms with Crippen LogP contribution in [-0.2, 0) is 17.6 Å². The maximum absolute atomic E-state index is 12.2. The van der Waals surface area contributed by atoms with Crippen molar-refractivity contribution >= 4 is 5.91 Å². The fourth-order valence-electron chi connectivity index (χ4n) is 3.43. The molecule has 0 saturated heterocycles. The van der Waals surface area contributed by atoms with Crippen LogP contribution in [0, 0.1) is 19.8 Å². The predicted octanol–water partition coefficient (Wildman–Crippen LogP) is 4.25. The highest BCUT2D eigenvalue weighted by Crippen LogP contribution is 2.27. The lowest BCUT2D eigenvalue weighted by atomic mass is 9.95. The summed E-state index contributed by atoms with van der Waals surface area (Å²) in [5.74, 6) is 1.84. The van der Waals surface area contributed by atoms with Crippen molar-refractivity contribution in [3.8, 4) is 11.5 Å². The van der Waals surface area contributed by atoms with Gasteiger partial charge in [0.15, 0.2) is 11.5 Å². The molecule has 4 nitrogen and oxygen atoms in total. The van der Waals surface area contributed by atoms with Gasteiger partial charge in [-0.1, -0.05) is 42.3 Å². The van der Waals surface area contributed by atoms with E-state index in [0.717, 1.165) is 18.4 Å². The van der Waals surface area contributed by atoms with Crippen LogP contribution in [0.1, 0.15) is 35.6 Å². The van der Waals surface area contributed by atoms with Gasteiger partial charge < -0.3 is 14.8 Å². The minimum absolute atomic E-state index is 0.104. The Bertz CT molecular complexity index is 750. The van der Waals surface area contributed by atoms with Gasteiger partial charge in [-0.25, -0.2) is 0 Å². The van der Waals surface area contributed by atoms with Crippen molar-refractivity contribution in [1.82, 2.24) is 5.32 Å². The van der Waals surface area contributed by atoms with Gasteiger partial charge in [0.05, 0.1) is 14.2 Å². The van der Waals surface area contributed by atoms with Gasteiger partial charge in [0.2, 0.25) is 5.91 Å². The molecule has 0 aliphatic heterocycles. The molecule has 0 fully saturated rings. The molecule has 2 aromatic carbocycles. The van der Waals surface area contributed by atoms with Gasteiger partial charge in [-0.15, -0.1) is 0 Å². The molecule has 1 N–H and O–H groups in total. The van der Waals surface area contributed by atoms with E-state index in [-0.39, 0.29) is 5.91 Å². The summed E-state index contributed by atoms with van der Waals surface area (Å²) in [5.41, 5.74) is 4.96. The molecule has 0 bridgehead atoms. The molecule has 2 rings (SSSR count). The highest BCUT2D eigenvalue weighted by Gasteiger charge is 2.11. The van der Waals surface area contributed by atoms with Crippen LogP contribution < -0.4 is 14.8 Å². The van der Waals surface area contributed by atoms with Crippen LogP contribution in [-0.4, -0.2) is 26.7 Å². The first-order chi connectivity index (χ1) is 12.9. The Kier molecular flexibility index (Phi) is 7.71. The van der Waals surface area contributed by atoms with E-state index in [4.69, 9.17) is 9.47 Å². The number of rotatable bonds is 9. The molecule has 0 saturated carbocycles. The summed E-state index contributed by atoms with van der Waals surface area (Å²) < 4.78 is 10.6. The molecule has 0 aliphatic carbocycles. The molecule has 0 spiro atoms. The SMILES string of the molecule is COc1ccc(CCNC(=O)CC(C)Cc2cc(C)cc(C)c2)cc1OC. The van der Waals surface area contributed by atoms with Crippen molar-refractivity contribution < 1.29 is 14.3 Å². The normalized spacial score (nSPS) is 11.7. The lowest BCUT2D eigenvalue weighted by molar-refractivity contribution is -0.121. The third kappa shape index (κ3) is 6.63. The second-order valence-corrected chi connectivity index (χ2v) is 7.30. The lowest BCUT2D eigenvalue weighted by Crippen LogP contribution is -2.27. The van der Waals surface area contributed by atoms with Crippen LogP contribution in [0.15, 0.2) is 36.4 Å². The van der Waals surface area contributed by atoms with Crippen molar-refractivity contribution in [2.24, 2.45) is 5.92 Å². The van der Waals surface area contributed by atoms with Gasteiger partial charge >= 0.3 is 0 Å². The number of aryl methyl sites for hydroxylation is 2. The first-order valence-electron chi connectivity index (χ1n) is 9.46. The molecule has 0 aliphatic rings. The van der Waals surface area contributed by atoms with Crippen LogP contribution >= 0.6 is 0 Å². The van der Waals surface area contributed by atoms with E-state index >= 15 is 0 Å².